The molecule has 3 rings (SSSR count). The van der Waals surface area contributed by atoms with E-state index in [1.807, 2.05) is 32.0 Å². The zero-order chi connectivity index (χ0) is 15.0. The molecule has 4 nitrogen and oxygen atoms in total. The van der Waals surface area contributed by atoms with Crippen LogP contribution >= 0.6 is 0 Å². The normalized spacial score (nSPS) is 10.8. The van der Waals surface area contributed by atoms with Crippen LogP contribution in [-0.4, -0.2) is 10.9 Å². The number of nitrogens with zero attached hydrogens (tertiary/aromatic N) is 1. The first-order chi connectivity index (χ1) is 10.0. The second kappa shape index (κ2) is 5.05. The molecule has 0 saturated heterocycles. The molecule has 0 fully saturated rings. The molecule has 1 heterocycles. The zero-order valence-corrected chi connectivity index (χ0v) is 12.2. The van der Waals surface area contributed by atoms with Crippen molar-refractivity contribution in [2.24, 2.45) is 0 Å². The molecule has 0 atom stereocenters. The zero-order valence-electron chi connectivity index (χ0n) is 12.2. The molecule has 0 saturated carbocycles. The maximum absolute atomic E-state index is 12.3. The van der Waals surface area contributed by atoms with E-state index in [2.05, 4.69) is 10.3 Å². The van der Waals surface area contributed by atoms with E-state index in [0.29, 0.717) is 17.0 Å². The quantitative estimate of drug-likeness (QED) is 0.771. The number of hydrogen-bond donors (Lipinski definition) is 1. The van der Waals surface area contributed by atoms with Crippen molar-refractivity contribution in [1.82, 2.24) is 4.98 Å². The monoisotopic (exact) mass is 280 g/mol. The number of oxazole rings is 1. The van der Waals surface area contributed by atoms with Gasteiger partial charge in [-0.05, 0) is 43.7 Å². The van der Waals surface area contributed by atoms with Crippen LogP contribution in [0.4, 0.5) is 5.69 Å². The van der Waals surface area contributed by atoms with Gasteiger partial charge in [0.05, 0.1) is 0 Å². The number of hydrogen-bond acceptors (Lipinski definition) is 3. The van der Waals surface area contributed by atoms with Crippen LogP contribution < -0.4 is 5.32 Å². The van der Waals surface area contributed by atoms with Gasteiger partial charge in [-0.25, -0.2) is 4.98 Å². The van der Waals surface area contributed by atoms with Crippen LogP contribution in [0.5, 0.6) is 0 Å². The standard InChI is InChI=1S/C17H16N2O2/c1-10-4-6-14(11(2)8-10)19-17(20)13-5-7-15-16(9-13)21-12(3)18-15/h4-9H,1-3H3,(H,19,20). The number of nitrogens with one attached hydrogen (secondary N) is 1. The van der Waals surface area contributed by atoms with Gasteiger partial charge in [-0.3, -0.25) is 4.79 Å². The molecule has 106 valence electrons. The van der Waals surface area contributed by atoms with E-state index >= 15 is 0 Å². The van der Waals surface area contributed by atoms with E-state index in [9.17, 15) is 4.79 Å². The maximum atomic E-state index is 12.3. The molecule has 0 radical (unpaired) electrons. The lowest BCUT2D eigenvalue weighted by molar-refractivity contribution is 0.102. The number of fused-ring (bicyclic) bond motifs is 1. The van der Waals surface area contributed by atoms with Crippen molar-refractivity contribution in [1.29, 1.82) is 0 Å². The van der Waals surface area contributed by atoms with Crippen molar-refractivity contribution in [3.05, 3.63) is 59.0 Å². The first-order valence-electron chi connectivity index (χ1n) is 6.79. The smallest absolute Gasteiger partial charge is 0.255 e. The Morgan fingerprint density at radius 1 is 1.10 bits per heavy atom. The number of carbonyl (C=O) groups is 1. The van der Waals surface area contributed by atoms with E-state index < -0.39 is 0 Å². The molecule has 1 amide bonds. The highest BCUT2D eigenvalue weighted by Crippen LogP contribution is 2.20. The van der Waals surface area contributed by atoms with Crippen LogP contribution in [0, 0.1) is 20.8 Å². The summed E-state index contributed by atoms with van der Waals surface area (Å²) in [5.74, 6) is 0.440. The van der Waals surface area contributed by atoms with Gasteiger partial charge in [0.25, 0.3) is 5.91 Å². The van der Waals surface area contributed by atoms with Crippen LogP contribution in [-0.2, 0) is 0 Å². The Hall–Kier alpha value is -2.62. The average Bonchev–Trinajstić information content (AvgIpc) is 2.80. The number of aromatic nitrogens is 1. The van der Waals surface area contributed by atoms with Gasteiger partial charge < -0.3 is 9.73 Å². The molecule has 0 unspecified atom stereocenters. The Balaban J connectivity index is 1.89. The minimum absolute atomic E-state index is 0.155. The molecular weight excluding hydrogens is 264 g/mol. The van der Waals surface area contributed by atoms with Gasteiger partial charge in [-0.2, -0.15) is 0 Å². The van der Waals surface area contributed by atoms with Gasteiger partial charge in [-0.1, -0.05) is 17.7 Å². The molecule has 1 aromatic heterocycles. The molecule has 1 N–H and O–H groups in total. The first kappa shape index (κ1) is 13.4. The molecule has 0 aliphatic heterocycles. The minimum Gasteiger partial charge on any atom is -0.441 e. The largest absolute Gasteiger partial charge is 0.441 e. The van der Waals surface area contributed by atoms with E-state index in [0.717, 1.165) is 16.8 Å². The number of aryl methyl sites for hydroxylation is 3. The fourth-order valence-electron chi connectivity index (χ4n) is 2.33. The molecule has 0 aliphatic rings. The number of carbonyl (C=O) groups excluding carboxylic acids is 1. The van der Waals surface area contributed by atoms with E-state index in [1.165, 1.54) is 5.56 Å². The lowest BCUT2D eigenvalue weighted by Gasteiger charge is -2.09. The lowest BCUT2D eigenvalue weighted by atomic mass is 10.1. The first-order valence-corrected chi connectivity index (χ1v) is 6.79. The van der Waals surface area contributed by atoms with E-state index in [1.54, 1.807) is 25.1 Å². The van der Waals surface area contributed by atoms with Gasteiger partial charge in [0.15, 0.2) is 11.5 Å². The summed E-state index contributed by atoms with van der Waals surface area (Å²) in [6.45, 7) is 5.79. The van der Waals surface area contributed by atoms with Crippen molar-refractivity contribution < 1.29 is 9.21 Å². The summed E-state index contributed by atoms with van der Waals surface area (Å²) in [5, 5.41) is 2.92. The highest BCUT2D eigenvalue weighted by atomic mass is 16.3. The summed E-state index contributed by atoms with van der Waals surface area (Å²) in [4.78, 5) is 16.6. The summed E-state index contributed by atoms with van der Waals surface area (Å²) in [7, 11) is 0. The van der Waals surface area contributed by atoms with Crippen molar-refractivity contribution >= 4 is 22.7 Å². The molecular formula is C17H16N2O2. The summed E-state index contributed by atoms with van der Waals surface area (Å²) < 4.78 is 5.46. The average molecular weight is 280 g/mol. The van der Waals surface area contributed by atoms with E-state index in [-0.39, 0.29) is 5.91 Å². The van der Waals surface area contributed by atoms with Crippen molar-refractivity contribution in [3.63, 3.8) is 0 Å². The number of benzene rings is 2. The molecule has 0 aliphatic carbocycles. The highest BCUT2D eigenvalue weighted by molar-refractivity contribution is 6.06. The third-order valence-corrected chi connectivity index (χ3v) is 3.39. The lowest BCUT2D eigenvalue weighted by Crippen LogP contribution is -2.12. The molecule has 0 spiro atoms. The van der Waals surface area contributed by atoms with Crippen LogP contribution in [0.15, 0.2) is 40.8 Å². The van der Waals surface area contributed by atoms with Gasteiger partial charge in [0.1, 0.15) is 5.52 Å². The number of anilines is 1. The third kappa shape index (κ3) is 2.65. The Kier molecular flexibility index (Phi) is 3.22. The summed E-state index contributed by atoms with van der Waals surface area (Å²) in [5.41, 5.74) is 4.97. The predicted octanol–water partition coefficient (Wildman–Crippen LogP) is 4.01. The van der Waals surface area contributed by atoms with Crippen molar-refractivity contribution in [3.8, 4) is 0 Å². The molecule has 0 bridgehead atoms. The Bertz CT molecular complexity index is 834. The van der Waals surface area contributed by atoms with Crippen molar-refractivity contribution in [2.75, 3.05) is 5.32 Å². The Morgan fingerprint density at radius 2 is 1.90 bits per heavy atom. The fraction of sp³-hybridized carbons (Fsp3) is 0.176. The second-order valence-corrected chi connectivity index (χ2v) is 5.19. The highest BCUT2D eigenvalue weighted by Gasteiger charge is 2.10. The molecule has 21 heavy (non-hydrogen) atoms. The summed E-state index contributed by atoms with van der Waals surface area (Å²) >= 11 is 0. The third-order valence-electron chi connectivity index (χ3n) is 3.39. The van der Waals surface area contributed by atoms with Crippen LogP contribution in [0.25, 0.3) is 11.1 Å². The Morgan fingerprint density at radius 3 is 2.67 bits per heavy atom. The topological polar surface area (TPSA) is 55.1 Å². The maximum Gasteiger partial charge on any atom is 0.255 e. The summed E-state index contributed by atoms with van der Waals surface area (Å²) in [6, 6.07) is 11.2. The van der Waals surface area contributed by atoms with Gasteiger partial charge >= 0.3 is 0 Å². The van der Waals surface area contributed by atoms with Crippen LogP contribution in [0.1, 0.15) is 27.4 Å². The van der Waals surface area contributed by atoms with E-state index in [4.69, 9.17) is 4.42 Å². The minimum atomic E-state index is -0.155. The molecule has 4 heteroatoms. The van der Waals surface area contributed by atoms with Gasteiger partial charge in [-0.15, -0.1) is 0 Å². The van der Waals surface area contributed by atoms with Crippen LogP contribution in [0.3, 0.4) is 0 Å². The SMILES string of the molecule is Cc1ccc(NC(=O)c2ccc3nc(C)oc3c2)c(C)c1. The van der Waals surface area contributed by atoms with Crippen molar-refractivity contribution in [2.45, 2.75) is 20.8 Å². The molecule has 2 aromatic carbocycles. The van der Waals surface area contributed by atoms with Gasteiger partial charge in [0, 0.05) is 18.2 Å². The number of amides is 1. The van der Waals surface area contributed by atoms with Crippen LogP contribution in [0.2, 0.25) is 0 Å². The fourth-order valence-corrected chi connectivity index (χ4v) is 2.33. The number of rotatable bonds is 2. The predicted molar refractivity (Wildman–Crippen MR) is 82.6 cm³/mol. The Labute approximate surface area is 122 Å². The van der Waals surface area contributed by atoms with Gasteiger partial charge in [0.2, 0.25) is 0 Å². The molecule has 3 aromatic rings. The second-order valence-electron chi connectivity index (χ2n) is 5.19. The summed E-state index contributed by atoms with van der Waals surface area (Å²) in [6.07, 6.45) is 0.